The lowest BCUT2D eigenvalue weighted by Crippen LogP contribution is -1.98. The van der Waals surface area contributed by atoms with Gasteiger partial charge in [-0.25, -0.2) is 10.1 Å². The number of unbranched alkanes of at least 4 members (excludes halogenated alkanes) is 6. The minimum atomic E-state index is 0.432. The van der Waals surface area contributed by atoms with E-state index in [4.69, 9.17) is 5.26 Å². The third-order valence-electron chi connectivity index (χ3n) is 2.84. The highest BCUT2D eigenvalue weighted by Gasteiger charge is 1.99. The molecule has 6 heteroatoms. The Balaban J connectivity index is 2.94. The molecule has 0 aromatic rings. The largest absolute Gasteiger partial charge is 0.219 e. The zero-order chi connectivity index (χ0) is 13.5. The van der Waals surface area contributed by atoms with Crippen LogP contribution in [0.3, 0.4) is 0 Å². The molecule has 0 aliphatic rings. The Morgan fingerprint density at radius 1 is 0.944 bits per heavy atom. The molecule has 1 unspecified atom stereocenters. The lowest BCUT2D eigenvalue weighted by molar-refractivity contribution is -0.702. The Kier molecular flexibility index (Phi) is 15.3. The van der Waals surface area contributed by atoms with Crippen LogP contribution in [-0.2, 0) is 20.0 Å². The molecule has 0 aliphatic carbocycles. The van der Waals surface area contributed by atoms with Crippen LogP contribution in [0.25, 0.3) is 0 Å². The lowest BCUT2D eigenvalue weighted by Gasteiger charge is -2.06. The second-order valence-electron chi connectivity index (χ2n) is 4.36. The fraction of sp³-hybridized carbons (Fsp3) is 1.00. The second kappa shape index (κ2) is 15.2. The van der Waals surface area contributed by atoms with Crippen LogP contribution >= 0.6 is 12.6 Å². The summed E-state index contributed by atoms with van der Waals surface area (Å²) in [4.78, 5) is 4.54. The first-order chi connectivity index (χ1) is 8.81. The molecule has 18 heavy (non-hydrogen) atoms. The number of hydrogen-bond acceptors (Lipinski definition) is 6. The van der Waals surface area contributed by atoms with Crippen molar-refractivity contribution >= 4 is 12.6 Å². The Bertz CT molecular complexity index is 159. The molecule has 5 nitrogen and oxygen atoms in total. The summed E-state index contributed by atoms with van der Waals surface area (Å²) < 4.78 is 0. The molecule has 110 valence electrons. The normalized spacial score (nSPS) is 12.8. The van der Waals surface area contributed by atoms with Crippen molar-refractivity contribution in [3.05, 3.63) is 0 Å². The van der Waals surface area contributed by atoms with Gasteiger partial charge in [0.2, 0.25) is 0 Å². The third-order valence-corrected chi connectivity index (χ3v) is 3.47. The van der Waals surface area contributed by atoms with E-state index < -0.39 is 0 Å². The van der Waals surface area contributed by atoms with Gasteiger partial charge in [-0.1, -0.05) is 45.4 Å². The molecule has 0 amide bonds. The van der Waals surface area contributed by atoms with E-state index in [0.29, 0.717) is 11.9 Å². The molecule has 0 rings (SSSR count). The van der Waals surface area contributed by atoms with Crippen LogP contribution in [0.4, 0.5) is 0 Å². The Morgan fingerprint density at radius 2 is 1.56 bits per heavy atom. The van der Waals surface area contributed by atoms with Crippen molar-refractivity contribution in [2.24, 2.45) is 0 Å². The van der Waals surface area contributed by atoms with Crippen LogP contribution in [-0.4, -0.2) is 17.1 Å². The molecule has 0 heterocycles. The lowest BCUT2D eigenvalue weighted by atomic mass is 10.1. The molecular formula is C12H26O5S. The van der Waals surface area contributed by atoms with Gasteiger partial charge in [-0.2, -0.15) is 12.6 Å². The van der Waals surface area contributed by atoms with Gasteiger partial charge in [0.25, 0.3) is 0 Å². The summed E-state index contributed by atoms with van der Waals surface area (Å²) in [5, 5.41) is 19.2. The van der Waals surface area contributed by atoms with Gasteiger partial charge in [-0.15, -0.1) is 0 Å². The van der Waals surface area contributed by atoms with E-state index >= 15 is 0 Å². The molecule has 0 spiro atoms. The molecule has 0 aromatic heterocycles. The van der Waals surface area contributed by atoms with Crippen LogP contribution < -0.4 is 0 Å². The zero-order valence-electron chi connectivity index (χ0n) is 11.2. The van der Waals surface area contributed by atoms with Gasteiger partial charge in [-0.05, 0) is 34.4 Å². The van der Waals surface area contributed by atoms with Crippen LogP contribution in [0.5, 0.6) is 0 Å². The minimum absolute atomic E-state index is 0.432. The molecule has 1 atom stereocenters. The molecule has 0 radical (unpaired) electrons. The Hall–Kier alpha value is 0.150. The summed E-state index contributed by atoms with van der Waals surface area (Å²) in [6, 6.07) is 0. The SMILES string of the molecule is CCC(S)CCCCCCCCCOOOOO. The third kappa shape index (κ3) is 14.2. The fourth-order valence-corrected chi connectivity index (χ4v) is 1.88. The summed E-state index contributed by atoms with van der Waals surface area (Å²) in [5.74, 6) is 0. The molecule has 0 saturated carbocycles. The minimum Gasteiger partial charge on any atom is -0.219 e. The first-order valence-corrected chi connectivity index (χ1v) is 7.27. The van der Waals surface area contributed by atoms with E-state index in [9.17, 15) is 0 Å². The van der Waals surface area contributed by atoms with Gasteiger partial charge in [0.05, 0.1) is 6.61 Å². The van der Waals surface area contributed by atoms with Crippen molar-refractivity contribution in [1.82, 2.24) is 0 Å². The molecular weight excluding hydrogens is 256 g/mol. The monoisotopic (exact) mass is 282 g/mol. The maximum atomic E-state index is 7.73. The highest BCUT2D eigenvalue weighted by Crippen LogP contribution is 2.13. The van der Waals surface area contributed by atoms with E-state index in [1.807, 2.05) is 0 Å². The van der Waals surface area contributed by atoms with Gasteiger partial charge < -0.3 is 0 Å². The highest BCUT2D eigenvalue weighted by atomic mass is 32.1. The summed E-state index contributed by atoms with van der Waals surface area (Å²) in [6.45, 7) is 2.61. The molecule has 1 N–H and O–H groups in total. The first-order valence-electron chi connectivity index (χ1n) is 6.75. The topological polar surface area (TPSA) is 57.2 Å². The Labute approximate surface area is 115 Å². The second-order valence-corrected chi connectivity index (χ2v) is 5.09. The van der Waals surface area contributed by atoms with Gasteiger partial charge in [0.15, 0.2) is 0 Å². The fourth-order valence-electron chi connectivity index (χ4n) is 1.70. The van der Waals surface area contributed by atoms with E-state index in [0.717, 1.165) is 19.3 Å². The predicted octanol–water partition coefficient (Wildman–Crippen LogP) is 4.10. The molecule has 0 aliphatic heterocycles. The average Bonchev–Trinajstić information content (AvgIpc) is 2.39. The standard InChI is InChI=1S/C12H26O5S/c1-2-12(18)10-8-6-4-3-5-7-9-11-14-16-17-15-13/h12-13,18H,2-11H2,1H3. The molecule has 0 bridgehead atoms. The summed E-state index contributed by atoms with van der Waals surface area (Å²) in [5.41, 5.74) is 0. The smallest absolute Gasteiger partial charge is 0.0855 e. The van der Waals surface area contributed by atoms with Crippen LogP contribution in [0, 0.1) is 0 Å². The average molecular weight is 282 g/mol. The van der Waals surface area contributed by atoms with Gasteiger partial charge in [0, 0.05) is 5.25 Å². The van der Waals surface area contributed by atoms with Crippen LogP contribution in [0.2, 0.25) is 0 Å². The maximum absolute atomic E-state index is 7.73. The van der Waals surface area contributed by atoms with E-state index in [2.05, 4.69) is 39.6 Å². The Morgan fingerprint density at radius 3 is 2.17 bits per heavy atom. The number of hydrogen-bond donors (Lipinski definition) is 2. The zero-order valence-corrected chi connectivity index (χ0v) is 12.1. The van der Waals surface area contributed by atoms with Crippen molar-refractivity contribution in [3.8, 4) is 0 Å². The summed E-state index contributed by atoms with van der Waals surface area (Å²) >= 11 is 4.48. The molecule has 0 aromatic carbocycles. The number of rotatable bonds is 14. The summed E-state index contributed by atoms with van der Waals surface area (Å²) in [7, 11) is 0. The van der Waals surface area contributed by atoms with Crippen molar-refractivity contribution in [2.45, 2.75) is 70.0 Å². The van der Waals surface area contributed by atoms with Crippen LogP contribution in [0.1, 0.15) is 64.7 Å². The predicted molar refractivity (Wildman–Crippen MR) is 71.8 cm³/mol. The van der Waals surface area contributed by atoms with Crippen molar-refractivity contribution in [2.75, 3.05) is 6.61 Å². The van der Waals surface area contributed by atoms with Gasteiger partial charge in [-0.3, -0.25) is 0 Å². The molecule has 0 saturated heterocycles. The van der Waals surface area contributed by atoms with Crippen molar-refractivity contribution in [3.63, 3.8) is 0 Å². The molecule has 0 fully saturated rings. The van der Waals surface area contributed by atoms with Crippen LogP contribution in [0.15, 0.2) is 0 Å². The van der Waals surface area contributed by atoms with Crippen molar-refractivity contribution in [1.29, 1.82) is 0 Å². The van der Waals surface area contributed by atoms with E-state index in [-0.39, 0.29) is 0 Å². The van der Waals surface area contributed by atoms with E-state index in [1.165, 1.54) is 38.5 Å². The van der Waals surface area contributed by atoms with Gasteiger partial charge >= 0.3 is 0 Å². The number of thiol groups is 1. The maximum Gasteiger partial charge on any atom is 0.0855 e. The van der Waals surface area contributed by atoms with E-state index in [1.54, 1.807) is 0 Å². The van der Waals surface area contributed by atoms with Crippen molar-refractivity contribution < 1.29 is 25.3 Å². The summed E-state index contributed by atoms with van der Waals surface area (Å²) in [6.07, 6.45) is 10.8. The van der Waals surface area contributed by atoms with Gasteiger partial charge in [0.1, 0.15) is 0 Å². The highest BCUT2D eigenvalue weighted by molar-refractivity contribution is 7.80. The first kappa shape index (κ1) is 18.1. The quantitative estimate of drug-likeness (QED) is 0.217.